The predicted octanol–water partition coefficient (Wildman–Crippen LogP) is 1.83. The van der Waals surface area contributed by atoms with Crippen molar-refractivity contribution >= 4 is 5.91 Å². The molecular weight excluding hydrogens is 329 g/mol. The Hall–Kier alpha value is -1.96. The van der Waals surface area contributed by atoms with Gasteiger partial charge in [0.2, 0.25) is 5.91 Å². The van der Waals surface area contributed by atoms with Gasteiger partial charge in [-0.05, 0) is 6.92 Å². The zero-order chi connectivity index (χ0) is 17.8. The maximum atomic E-state index is 10.9. The number of benzene rings is 1. The van der Waals surface area contributed by atoms with Gasteiger partial charge in [0.15, 0.2) is 0 Å². The van der Waals surface area contributed by atoms with E-state index in [1.165, 1.54) is 5.56 Å². The van der Waals surface area contributed by atoms with Crippen LogP contribution in [0, 0.1) is 40.1 Å². The second-order valence-corrected chi connectivity index (χ2v) is 3.17. The summed E-state index contributed by atoms with van der Waals surface area (Å²) in [7, 11) is 1.75. The zero-order valence-electron chi connectivity index (χ0n) is 12.3. The molecule has 0 aliphatic heterocycles. The maximum absolute atomic E-state index is 10.9. The first-order chi connectivity index (χ1) is 10.1. The Labute approximate surface area is 141 Å². The van der Waals surface area contributed by atoms with Crippen LogP contribution in [-0.4, -0.2) is 17.9 Å². The number of rotatable bonds is 2. The molecule has 0 unspecified atom stereocenters. The molecule has 117 valence electrons. The first-order valence-electron chi connectivity index (χ1n) is 5.06. The van der Waals surface area contributed by atoms with Gasteiger partial charge in [0.25, 0.3) is 0 Å². The molecule has 0 saturated heterocycles. The van der Waals surface area contributed by atoms with Gasteiger partial charge in [-0.2, -0.15) is 17.7 Å². The molecule has 0 fully saturated rings. The summed E-state index contributed by atoms with van der Waals surface area (Å²) in [5.41, 5.74) is 2.27. The number of amides is 1. The molecule has 6 nitrogen and oxygen atoms in total. The molecule has 0 atom stereocenters. The molecule has 0 heterocycles. The minimum absolute atomic E-state index is 0. The van der Waals surface area contributed by atoms with Crippen molar-refractivity contribution in [1.82, 2.24) is 4.90 Å². The number of carbonyl (C=O) groups excluding carboxylic acids is 1. The quantitative estimate of drug-likeness (QED) is 0.457. The third-order valence-corrected chi connectivity index (χ3v) is 1.92. The van der Waals surface area contributed by atoms with Gasteiger partial charge in [-0.15, -0.1) is 12.1 Å². The zero-order valence-corrected chi connectivity index (χ0v) is 13.4. The van der Waals surface area contributed by atoms with Crippen LogP contribution in [0.25, 0.3) is 0 Å². The SMILES string of the molecule is CC(=O)N(C)[CH-]c1ccc(C)cc1.[C-]#[O+].[C-]#[O+].[C-]#[O+].[C-]#[O+].[Mn]. The van der Waals surface area contributed by atoms with E-state index < -0.39 is 0 Å². The van der Waals surface area contributed by atoms with Gasteiger partial charge in [0.05, 0.1) is 0 Å². The van der Waals surface area contributed by atoms with E-state index in [1.54, 1.807) is 18.9 Å². The second kappa shape index (κ2) is 27.4. The summed E-state index contributed by atoms with van der Waals surface area (Å²) >= 11 is 0. The van der Waals surface area contributed by atoms with Crippen molar-refractivity contribution < 1.29 is 40.5 Å². The van der Waals surface area contributed by atoms with Crippen LogP contribution in [0.3, 0.4) is 0 Å². The topological polar surface area (TPSA) is 99.9 Å². The smallest absolute Gasteiger partial charge is 0 e. The molecule has 0 aliphatic carbocycles. The minimum Gasteiger partial charge on any atom is 0 e. The number of carbonyl (C=O) groups is 1. The molecule has 0 bridgehead atoms. The van der Waals surface area contributed by atoms with Crippen LogP contribution in [-0.2, 0) is 40.5 Å². The first kappa shape index (κ1) is 32.1. The van der Waals surface area contributed by atoms with E-state index in [0.717, 1.165) is 5.56 Å². The van der Waals surface area contributed by atoms with Gasteiger partial charge in [0.1, 0.15) is 0 Å². The summed E-state index contributed by atoms with van der Waals surface area (Å²) < 4.78 is 30.0. The van der Waals surface area contributed by atoms with Crippen molar-refractivity contribution in [3.8, 4) is 0 Å². The summed E-state index contributed by atoms with van der Waals surface area (Å²) in [5.74, 6) is 0.0422. The van der Waals surface area contributed by atoms with Crippen molar-refractivity contribution in [3.63, 3.8) is 0 Å². The first-order valence-corrected chi connectivity index (χ1v) is 5.06. The van der Waals surface area contributed by atoms with Gasteiger partial charge < -0.3 is 4.90 Å². The van der Waals surface area contributed by atoms with E-state index in [4.69, 9.17) is 18.6 Å². The van der Waals surface area contributed by atoms with E-state index in [0.29, 0.717) is 0 Å². The van der Waals surface area contributed by atoms with Crippen molar-refractivity contribution in [2.45, 2.75) is 13.8 Å². The normalized spacial score (nSPS) is 5.95. The Morgan fingerprint density at radius 2 is 1.27 bits per heavy atom. The van der Waals surface area contributed by atoms with E-state index in [1.807, 2.05) is 37.7 Å². The van der Waals surface area contributed by atoms with E-state index in [2.05, 4.69) is 26.6 Å². The minimum atomic E-state index is 0. The molecular formula is C15H14MnNO5-. The van der Waals surface area contributed by atoms with E-state index >= 15 is 0 Å². The van der Waals surface area contributed by atoms with Crippen LogP contribution in [0.1, 0.15) is 18.1 Å². The van der Waals surface area contributed by atoms with Crippen molar-refractivity contribution in [3.05, 3.63) is 68.5 Å². The van der Waals surface area contributed by atoms with E-state index in [-0.39, 0.29) is 23.0 Å². The molecule has 0 aliphatic rings. The molecule has 1 aromatic carbocycles. The average Bonchev–Trinajstić information content (AvgIpc) is 2.57. The summed E-state index contributed by atoms with van der Waals surface area (Å²) in [4.78, 5) is 12.5. The van der Waals surface area contributed by atoms with Gasteiger partial charge >= 0.3 is 45.2 Å². The van der Waals surface area contributed by atoms with Crippen LogP contribution >= 0.6 is 0 Å². The number of hydrogen-bond donors (Lipinski definition) is 0. The third-order valence-electron chi connectivity index (χ3n) is 1.92. The summed E-state index contributed by atoms with van der Waals surface area (Å²) in [6, 6.07) is 8.04. The Balaban J connectivity index is -0.0000000932. The Morgan fingerprint density at radius 1 is 0.955 bits per heavy atom. The van der Waals surface area contributed by atoms with Gasteiger partial charge in [-0.25, -0.2) is 0 Å². The second-order valence-electron chi connectivity index (χ2n) is 3.17. The molecule has 1 radical (unpaired) electrons. The summed E-state index contributed by atoms with van der Waals surface area (Å²) in [5, 5.41) is 0. The molecule has 0 spiro atoms. The summed E-state index contributed by atoms with van der Waals surface area (Å²) in [6.07, 6.45) is 0. The van der Waals surface area contributed by atoms with Crippen molar-refractivity contribution in [2.24, 2.45) is 0 Å². The Kier molecular flexibility index (Phi) is 40.0. The molecule has 0 saturated carbocycles. The third kappa shape index (κ3) is 20.4. The van der Waals surface area contributed by atoms with E-state index in [9.17, 15) is 4.79 Å². The number of aryl methyl sites for hydroxylation is 1. The average molecular weight is 343 g/mol. The molecule has 1 aromatic rings. The monoisotopic (exact) mass is 343 g/mol. The van der Waals surface area contributed by atoms with Gasteiger partial charge in [0, 0.05) is 31.0 Å². The van der Waals surface area contributed by atoms with Crippen LogP contribution in [0.15, 0.2) is 24.3 Å². The molecule has 1 rings (SSSR count). The van der Waals surface area contributed by atoms with Crippen molar-refractivity contribution in [1.29, 1.82) is 0 Å². The predicted molar refractivity (Wildman–Crippen MR) is 68.7 cm³/mol. The fourth-order valence-corrected chi connectivity index (χ4v) is 0.967. The fraction of sp³-hybridized carbons (Fsp3) is 0.200. The molecule has 22 heavy (non-hydrogen) atoms. The van der Waals surface area contributed by atoms with Crippen LogP contribution < -0.4 is 0 Å². The van der Waals surface area contributed by atoms with Gasteiger partial charge in [-0.1, -0.05) is 12.1 Å². The molecule has 0 aromatic heterocycles. The molecule has 7 heteroatoms. The van der Waals surface area contributed by atoms with Gasteiger partial charge in [-0.3, -0.25) is 4.79 Å². The standard InChI is InChI=1S/C11H14NO.4CO.Mn/c1-9-4-6-11(7-5-9)8-12(3)10(2)13;4*1-2;/h4-8H,1-3H3;;;;;/q-1;;;;;. The fourth-order valence-electron chi connectivity index (χ4n) is 0.967. The number of hydrogen-bond acceptors (Lipinski definition) is 1. The van der Waals surface area contributed by atoms with Crippen LogP contribution in [0.2, 0.25) is 0 Å². The van der Waals surface area contributed by atoms with Crippen LogP contribution in [0.4, 0.5) is 0 Å². The Morgan fingerprint density at radius 3 is 1.55 bits per heavy atom. The molecule has 1 amide bonds. The maximum Gasteiger partial charge on any atom is 0 e. The number of nitrogens with zero attached hydrogens (tertiary/aromatic N) is 1. The van der Waals surface area contributed by atoms with Crippen molar-refractivity contribution in [2.75, 3.05) is 7.05 Å². The van der Waals surface area contributed by atoms with Crippen LogP contribution in [0.5, 0.6) is 0 Å². The Bertz CT molecular complexity index is 424. The summed E-state index contributed by atoms with van der Waals surface area (Å²) in [6.45, 7) is 23.4. The molecule has 0 N–H and O–H groups in total. The largest absolute Gasteiger partial charge is 0 e.